The molecule has 0 aromatic rings. The first-order valence-electron chi connectivity index (χ1n) is 2.17. The molecule has 0 spiro atoms. The molecule has 0 fully saturated rings. The molecule has 0 heterocycles. The molecule has 0 saturated carbocycles. The summed E-state index contributed by atoms with van der Waals surface area (Å²) in [6, 6.07) is 0. The Kier molecular flexibility index (Phi) is 3.45. The molecular weight excluding hydrogens is 88.1 g/mol. The van der Waals surface area contributed by atoms with E-state index < -0.39 is 0 Å². The van der Waals surface area contributed by atoms with Crippen LogP contribution in [0, 0.1) is 17.8 Å². The quantitative estimate of drug-likeness (QED) is 0.439. The summed E-state index contributed by atoms with van der Waals surface area (Å²) in [4.78, 5) is 0. The second-order valence-corrected chi connectivity index (χ2v) is 1.46. The SMILES string of the molecule is C[C](C)C#CCO. The molecule has 1 heteroatoms. The van der Waals surface area contributed by atoms with Gasteiger partial charge >= 0.3 is 0 Å². The highest BCUT2D eigenvalue weighted by atomic mass is 16.2. The largest absolute Gasteiger partial charge is 0.384 e. The van der Waals surface area contributed by atoms with Gasteiger partial charge in [0.1, 0.15) is 6.61 Å². The second kappa shape index (κ2) is 3.70. The Bertz CT molecular complexity index is 84.1. The van der Waals surface area contributed by atoms with Gasteiger partial charge in [-0.25, -0.2) is 0 Å². The molecule has 0 aromatic carbocycles. The molecule has 1 N–H and O–H groups in total. The lowest BCUT2D eigenvalue weighted by Gasteiger charge is -1.82. The van der Waals surface area contributed by atoms with E-state index in [4.69, 9.17) is 5.11 Å². The molecule has 0 amide bonds. The zero-order chi connectivity index (χ0) is 5.70. The predicted molar refractivity (Wildman–Crippen MR) is 29.5 cm³/mol. The van der Waals surface area contributed by atoms with E-state index in [0.717, 1.165) is 5.92 Å². The number of aliphatic hydroxyl groups is 1. The van der Waals surface area contributed by atoms with Gasteiger partial charge in [0.15, 0.2) is 0 Å². The van der Waals surface area contributed by atoms with Gasteiger partial charge in [0.2, 0.25) is 0 Å². The zero-order valence-electron chi connectivity index (χ0n) is 4.65. The summed E-state index contributed by atoms with van der Waals surface area (Å²) in [7, 11) is 0. The van der Waals surface area contributed by atoms with Crippen molar-refractivity contribution >= 4 is 0 Å². The van der Waals surface area contributed by atoms with Gasteiger partial charge in [0.25, 0.3) is 0 Å². The van der Waals surface area contributed by atoms with Crippen LogP contribution in [0.4, 0.5) is 0 Å². The van der Waals surface area contributed by atoms with E-state index in [1.807, 2.05) is 13.8 Å². The van der Waals surface area contributed by atoms with Crippen molar-refractivity contribution in [1.82, 2.24) is 0 Å². The topological polar surface area (TPSA) is 20.2 Å². The highest BCUT2D eigenvalue weighted by molar-refractivity contribution is 5.16. The van der Waals surface area contributed by atoms with E-state index in [0.29, 0.717) is 0 Å². The van der Waals surface area contributed by atoms with E-state index in [2.05, 4.69) is 11.8 Å². The van der Waals surface area contributed by atoms with E-state index in [1.165, 1.54) is 0 Å². The van der Waals surface area contributed by atoms with Gasteiger partial charge in [-0.3, -0.25) is 0 Å². The van der Waals surface area contributed by atoms with Crippen molar-refractivity contribution in [2.45, 2.75) is 13.8 Å². The summed E-state index contributed by atoms with van der Waals surface area (Å²) in [5.74, 6) is 6.26. The molecule has 0 bridgehead atoms. The average Bonchev–Trinajstić information content (AvgIpc) is 1.61. The van der Waals surface area contributed by atoms with Crippen molar-refractivity contribution in [3.63, 3.8) is 0 Å². The van der Waals surface area contributed by atoms with Crippen molar-refractivity contribution in [3.8, 4) is 11.8 Å². The van der Waals surface area contributed by atoms with Crippen LogP contribution in [-0.2, 0) is 0 Å². The molecule has 0 saturated heterocycles. The van der Waals surface area contributed by atoms with Crippen molar-refractivity contribution in [1.29, 1.82) is 0 Å². The van der Waals surface area contributed by atoms with Gasteiger partial charge in [-0.15, -0.1) is 0 Å². The normalized spacial score (nSPS) is 8.00. The van der Waals surface area contributed by atoms with E-state index in [-0.39, 0.29) is 6.61 Å². The summed E-state index contributed by atoms with van der Waals surface area (Å²) in [5.41, 5.74) is 0. The summed E-state index contributed by atoms with van der Waals surface area (Å²) in [6.07, 6.45) is 0. The summed E-state index contributed by atoms with van der Waals surface area (Å²) in [6.45, 7) is 3.77. The molecule has 1 nitrogen and oxygen atoms in total. The lowest BCUT2D eigenvalue weighted by atomic mass is 10.2. The Morgan fingerprint density at radius 3 is 2.29 bits per heavy atom. The van der Waals surface area contributed by atoms with E-state index in [9.17, 15) is 0 Å². The molecule has 1 radical (unpaired) electrons. The molecule has 0 atom stereocenters. The van der Waals surface area contributed by atoms with Gasteiger partial charge in [-0.2, -0.15) is 0 Å². The van der Waals surface area contributed by atoms with Gasteiger partial charge in [-0.1, -0.05) is 11.8 Å². The van der Waals surface area contributed by atoms with Crippen molar-refractivity contribution < 1.29 is 5.11 Å². The zero-order valence-corrected chi connectivity index (χ0v) is 4.65. The van der Waals surface area contributed by atoms with Crippen LogP contribution >= 0.6 is 0 Å². The third-order valence-corrected chi connectivity index (χ3v) is 0.417. The highest BCUT2D eigenvalue weighted by Crippen LogP contribution is 1.87. The first-order chi connectivity index (χ1) is 3.27. The maximum atomic E-state index is 8.13. The Balaban J connectivity index is 3.24. The van der Waals surface area contributed by atoms with E-state index in [1.54, 1.807) is 0 Å². The summed E-state index contributed by atoms with van der Waals surface area (Å²) >= 11 is 0. The first-order valence-corrected chi connectivity index (χ1v) is 2.17. The van der Waals surface area contributed by atoms with Gasteiger partial charge in [-0.05, 0) is 13.8 Å². The van der Waals surface area contributed by atoms with Crippen molar-refractivity contribution in [3.05, 3.63) is 5.92 Å². The van der Waals surface area contributed by atoms with Crippen LogP contribution in [0.2, 0.25) is 0 Å². The van der Waals surface area contributed by atoms with Crippen LogP contribution in [0.15, 0.2) is 0 Å². The number of rotatable bonds is 0. The van der Waals surface area contributed by atoms with Crippen LogP contribution in [0.3, 0.4) is 0 Å². The number of aliphatic hydroxyl groups excluding tert-OH is 1. The molecule has 7 heavy (non-hydrogen) atoms. The fourth-order valence-electron chi connectivity index (χ4n) is 0.216. The Hall–Kier alpha value is -0.480. The molecule has 39 valence electrons. The minimum Gasteiger partial charge on any atom is -0.384 e. The molecule has 0 aliphatic rings. The van der Waals surface area contributed by atoms with Crippen molar-refractivity contribution in [2.75, 3.05) is 6.61 Å². The van der Waals surface area contributed by atoms with Crippen LogP contribution in [0.1, 0.15) is 13.8 Å². The minimum atomic E-state index is -0.0365. The predicted octanol–water partition coefficient (Wildman–Crippen LogP) is 0.596. The van der Waals surface area contributed by atoms with E-state index >= 15 is 0 Å². The van der Waals surface area contributed by atoms with Crippen LogP contribution in [0.5, 0.6) is 0 Å². The van der Waals surface area contributed by atoms with Crippen LogP contribution in [-0.4, -0.2) is 11.7 Å². The van der Waals surface area contributed by atoms with Crippen molar-refractivity contribution in [2.24, 2.45) is 0 Å². The van der Waals surface area contributed by atoms with Crippen LogP contribution in [0.25, 0.3) is 0 Å². The van der Waals surface area contributed by atoms with Gasteiger partial charge < -0.3 is 5.11 Å². The Labute approximate surface area is 44.4 Å². The fourth-order valence-corrected chi connectivity index (χ4v) is 0.216. The summed E-state index contributed by atoms with van der Waals surface area (Å²) in [5, 5.41) is 8.13. The highest BCUT2D eigenvalue weighted by Gasteiger charge is 1.78. The standard InChI is InChI=1S/C6H9O/c1-6(2)4-3-5-7/h7H,5H2,1-2H3. The average molecular weight is 97.1 g/mol. The lowest BCUT2D eigenvalue weighted by molar-refractivity contribution is 0.350. The third-order valence-electron chi connectivity index (χ3n) is 0.417. The summed E-state index contributed by atoms with van der Waals surface area (Å²) < 4.78 is 0. The fraction of sp³-hybridized carbons (Fsp3) is 0.500. The monoisotopic (exact) mass is 97.1 g/mol. The van der Waals surface area contributed by atoms with Crippen LogP contribution < -0.4 is 0 Å². The number of hydrogen-bond acceptors (Lipinski definition) is 1. The lowest BCUT2D eigenvalue weighted by Crippen LogP contribution is -1.77. The third kappa shape index (κ3) is 5.52. The van der Waals surface area contributed by atoms with Gasteiger partial charge in [0, 0.05) is 5.92 Å². The molecule has 0 aromatic heterocycles. The molecule has 0 aliphatic carbocycles. The first kappa shape index (κ1) is 6.52. The molecule has 0 aliphatic heterocycles. The number of hydrogen-bond donors (Lipinski definition) is 1. The minimum absolute atomic E-state index is 0.0365. The van der Waals surface area contributed by atoms with Gasteiger partial charge in [0.05, 0.1) is 0 Å². The molecule has 0 unspecified atom stereocenters. The maximum Gasteiger partial charge on any atom is 0.104 e. The Morgan fingerprint density at radius 1 is 1.57 bits per heavy atom. The Morgan fingerprint density at radius 2 is 2.14 bits per heavy atom. The second-order valence-electron chi connectivity index (χ2n) is 1.46. The molecular formula is C6H9O. The maximum absolute atomic E-state index is 8.13. The smallest absolute Gasteiger partial charge is 0.104 e. The molecule has 0 rings (SSSR count).